The normalized spacial score (nSPS) is 11.5. The molecule has 108 valence electrons. The van der Waals surface area contributed by atoms with Gasteiger partial charge < -0.3 is 10.6 Å². The molecule has 1 atom stereocenters. The van der Waals surface area contributed by atoms with Gasteiger partial charge in [0.05, 0.1) is 5.92 Å². The second-order valence-electron chi connectivity index (χ2n) is 4.32. The van der Waals surface area contributed by atoms with E-state index in [1.54, 1.807) is 19.1 Å². The highest BCUT2D eigenvalue weighted by molar-refractivity contribution is 5.85. The number of hydrogen-bond acceptors (Lipinski definition) is 2. The van der Waals surface area contributed by atoms with Gasteiger partial charge in [0.2, 0.25) is 5.91 Å². The number of carbonyl (C=O) groups excluding carboxylic acids is 1. The van der Waals surface area contributed by atoms with E-state index < -0.39 is 0 Å². The first kappa shape index (κ1) is 17.9. The van der Waals surface area contributed by atoms with Gasteiger partial charge >= 0.3 is 0 Å². The van der Waals surface area contributed by atoms with Crippen LogP contribution < -0.4 is 10.6 Å². The Hall–Kier alpha value is -1.13. The Bertz CT molecular complexity index is 387. The summed E-state index contributed by atoms with van der Waals surface area (Å²) in [7, 11) is 0. The molecule has 0 fully saturated rings. The molecule has 1 rings (SSSR count). The van der Waals surface area contributed by atoms with E-state index in [2.05, 4.69) is 17.6 Å². The summed E-state index contributed by atoms with van der Waals surface area (Å²) in [6.45, 7) is 6.18. The summed E-state index contributed by atoms with van der Waals surface area (Å²) >= 11 is 0. The van der Waals surface area contributed by atoms with Crippen LogP contribution in [0.3, 0.4) is 0 Å². The highest BCUT2D eigenvalue weighted by Gasteiger charge is 2.14. The Morgan fingerprint density at radius 2 is 2.05 bits per heavy atom. The van der Waals surface area contributed by atoms with E-state index in [0.29, 0.717) is 12.1 Å². The maximum Gasteiger partial charge on any atom is 0.227 e. The summed E-state index contributed by atoms with van der Waals surface area (Å²) in [5.74, 6) is -0.706. The molecule has 1 unspecified atom stereocenters. The first-order valence-electron chi connectivity index (χ1n) is 6.39. The summed E-state index contributed by atoms with van der Waals surface area (Å²) in [4.78, 5) is 11.8. The summed E-state index contributed by atoms with van der Waals surface area (Å²) < 4.78 is 13.0. The Balaban J connectivity index is 0.00000324. The van der Waals surface area contributed by atoms with Crippen LogP contribution in [0.2, 0.25) is 0 Å². The molecule has 1 aromatic rings. The van der Waals surface area contributed by atoms with Gasteiger partial charge in [-0.05, 0) is 37.6 Å². The van der Waals surface area contributed by atoms with Gasteiger partial charge in [-0.2, -0.15) is 0 Å². The van der Waals surface area contributed by atoms with Crippen molar-refractivity contribution in [1.82, 2.24) is 10.6 Å². The Morgan fingerprint density at radius 3 is 2.68 bits per heavy atom. The lowest BCUT2D eigenvalue weighted by Crippen LogP contribution is -2.34. The fourth-order valence-corrected chi connectivity index (χ4v) is 1.66. The molecule has 1 aromatic carbocycles. The molecule has 5 heteroatoms. The van der Waals surface area contributed by atoms with Crippen molar-refractivity contribution in [2.75, 3.05) is 19.6 Å². The fraction of sp³-hybridized carbons (Fsp3) is 0.500. The molecular weight excluding hydrogens is 267 g/mol. The van der Waals surface area contributed by atoms with E-state index in [1.165, 1.54) is 12.1 Å². The average Bonchev–Trinajstić information content (AvgIpc) is 2.37. The van der Waals surface area contributed by atoms with Crippen molar-refractivity contribution in [3.8, 4) is 0 Å². The minimum Gasteiger partial charge on any atom is -0.354 e. The first-order chi connectivity index (χ1) is 8.65. The maximum absolute atomic E-state index is 13.0. The van der Waals surface area contributed by atoms with Crippen LogP contribution in [-0.4, -0.2) is 25.5 Å². The lowest BCUT2D eigenvalue weighted by Gasteiger charge is -2.12. The number of nitrogens with one attached hydrogen (secondary N) is 2. The molecule has 0 aliphatic rings. The molecule has 1 amide bonds. The van der Waals surface area contributed by atoms with Crippen molar-refractivity contribution in [2.24, 2.45) is 0 Å². The summed E-state index contributed by atoms with van der Waals surface area (Å²) in [6.07, 6.45) is 1.08. The van der Waals surface area contributed by atoms with Crippen LogP contribution in [0.1, 0.15) is 31.7 Å². The number of carbonyl (C=O) groups is 1. The van der Waals surface area contributed by atoms with Gasteiger partial charge in [0, 0.05) is 13.1 Å². The van der Waals surface area contributed by atoms with E-state index in [9.17, 15) is 9.18 Å². The van der Waals surface area contributed by atoms with Crippen LogP contribution in [0.4, 0.5) is 4.39 Å². The van der Waals surface area contributed by atoms with Crippen LogP contribution >= 0.6 is 12.4 Å². The molecule has 0 spiro atoms. The molecule has 2 N–H and O–H groups in total. The molecule has 0 aliphatic carbocycles. The van der Waals surface area contributed by atoms with E-state index in [1.807, 2.05) is 0 Å². The zero-order valence-electron chi connectivity index (χ0n) is 11.4. The third kappa shape index (κ3) is 6.55. The largest absolute Gasteiger partial charge is 0.354 e. The zero-order chi connectivity index (χ0) is 13.4. The van der Waals surface area contributed by atoms with Gasteiger partial charge in [-0.1, -0.05) is 19.1 Å². The molecule has 0 saturated carbocycles. The van der Waals surface area contributed by atoms with Crippen LogP contribution in [-0.2, 0) is 4.79 Å². The molecule has 0 aromatic heterocycles. The molecule has 0 saturated heterocycles. The molecule has 3 nitrogen and oxygen atoms in total. The highest BCUT2D eigenvalue weighted by Crippen LogP contribution is 2.15. The van der Waals surface area contributed by atoms with Crippen LogP contribution in [0.15, 0.2) is 24.3 Å². The number of halogens is 2. The van der Waals surface area contributed by atoms with Crippen molar-refractivity contribution in [2.45, 2.75) is 26.2 Å². The molecule has 0 bridgehead atoms. The van der Waals surface area contributed by atoms with E-state index >= 15 is 0 Å². The van der Waals surface area contributed by atoms with Crippen LogP contribution in [0.5, 0.6) is 0 Å². The minimum absolute atomic E-state index is 0. The topological polar surface area (TPSA) is 41.1 Å². The minimum atomic E-state index is -0.327. The quantitative estimate of drug-likeness (QED) is 0.757. The van der Waals surface area contributed by atoms with Gasteiger partial charge in [-0.15, -0.1) is 12.4 Å². The third-order valence-corrected chi connectivity index (χ3v) is 2.77. The van der Waals surface area contributed by atoms with Crippen molar-refractivity contribution in [3.63, 3.8) is 0 Å². The van der Waals surface area contributed by atoms with Crippen molar-refractivity contribution in [1.29, 1.82) is 0 Å². The fourth-order valence-electron chi connectivity index (χ4n) is 1.66. The molecule has 0 heterocycles. The average molecular weight is 289 g/mol. The van der Waals surface area contributed by atoms with E-state index in [4.69, 9.17) is 0 Å². The van der Waals surface area contributed by atoms with Gasteiger partial charge in [0.1, 0.15) is 5.82 Å². The van der Waals surface area contributed by atoms with Crippen LogP contribution in [0, 0.1) is 5.82 Å². The van der Waals surface area contributed by atoms with Crippen molar-refractivity contribution < 1.29 is 9.18 Å². The Kier molecular flexibility index (Phi) is 9.17. The smallest absolute Gasteiger partial charge is 0.227 e. The molecule has 0 radical (unpaired) electrons. The monoisotopic (exact) mass is 288 g/mol. The number of rotatable bonds is 7. The lowest BCUT2D eigenvalue weighted by atomic mass is 10.0. The second-order valence-corrected chi connectivity index (χ2v) is 4.32. The number of benzene rings is 1. The standard InChI is InChI=1S/C14H21FN2O.ClH/c1-3-7-16-8-9-17-14(18)11(2)12-5-4-6-13(15)10-12;/h4-6,10-11,16H,3,7-9H2,1-2H3,(H,17,18);1H. The predicted octanol–water partition coefficient (Wildman–Crippen LogP) is 2.47. The molecule has 19 heavy (non-hydrogen) atoms. The van der Waals surface area contributed by atoms with Crippen molar-refractivity contribution >= 4 is 18.3 Å². The van der Waals surface area contributed by atoms with Crippen LogP contribution in [0.25, 0.3) is 0 Å². The van der Waals surface area contributed by atoms with Gasteiger partial charge in [0.25, 0.3) is 0 Å². The summed E-state index contributed by atoms with van der Waals surface area (Å²) in [5.41, 5.74) is 0.703. The first-order valence-corrected chi connectivity index (χ1v) is 6.39. The van der Waals surface area contributed by atoms with Crippen molar-refractivity contribution in [3.05, 3.63) is 35.6 Å². The summed E-state index contributed by atoms with van der Waals surface area (Å²) in [6, 6.07) is 6.17. The lowest BCUT2D eigenvalue weighted by molar-refractivity contribution is -0.122. The zero-order valence-corrected chi connectivity index (χ0v) is 12.2. The predicted molar refractivity (Wildman–Crippen MR) is 78.2 cm³/mol. The van der Waals surface area contributed by atoms with Gasteiger partial charge in [0.15, 0.2) is 0 Å². The van der Waals surface area contributed by atoms with E-state index in [0.717, 1.165) is 19.5 Å². The molecule has 0 aliphatic heterocycles. The summed E-state index contributed by atoms with van der Waals surface area (Å²) in [5, 5.41) is 6.04. The van der Waals surface area contributed by atoms with E-state index in [-0.39, 0.29) is 30.0 Å². The maximum atomic E-state index is 13.0. The van der Waals surface area contributed by atoms with Gasteiger partial charge in [-0.3, -0.25) is 4.79 Å². The number of amides is 1. The highest BCUT2D eigenvalue weighted by atomic mass is 35.5. The molecular formula is C14H22ClFN2O. The second kappa shape index (κ2) is 9.75. The Labute approximate surface area is 120 Å². The van der Waals surface area contributed by atoms with Gasteiger partial charge in [-0.25, -0.2) is 4.39 Å². The SMILES string of the molecule is CCCNCCNC(=O)C(C)c1cccc(F)c1.Cl. The Morgan fingerprint density at radius 1 is 1.32 bits per heavy atom. The number of hydrogen-bond donors (Lipinski definition) is 2. The third-order valence-electron chi connectivity index (χ3n) is 2.77.